The van der Waals surface area contributed by atoms with Crippen molar-refractivity contribution in [2.75, 3.05) is 0 Å². The summed E-state index contributed by atoms with van der Waals surface area (Å²) in [6.45, 7) is 0. The van der Waals surface area contributed by atoms with Crippen LogP contribution in [0.25, 0.3) is 15.8 Å². The molecule has 2 aromatic rings. The summed E-state index contributed by atoms with van der Waals surface area (Å²) in [5, 5.41) is 1.28. The van der Waals surface area contributed by atoms with Crippen molar-refractivity contribution in [3.05, 3.63) is 47.0 Å². The maximum Gasteiger partial charge on any atom is 0.121 e. The lowest BCUT2D eigenvalue weighted by molar-refractivity contribution is 1.45. The molecule has 0 bridgehead atoms. The molecule has 0 amide bonds. The Morgan fingerprint density at radius 3 is 3.00 bits per heavy atom. The summed E-state index contributed by atoms with van der Waals surface area (Å²) in [6.07, 6.45) is 4.84. The average Bonchev–Trinajstić information content (AvgIpc) is 2.74. The maximum absolute atomic E-state index is 4.35. The Hall–Kier alpha value is -1.63. The number of hydrogen-bond acceptors (Lipinski definition) is 2. The van der Waals surface area contributed by atoms with Crippen LogP contribution in [0.4, 0.5) is 0 Å². The van der Waals surface area contributed by atoms with Crippen molar-refractivity contribution in [1.29, 1.82) is 0 Å². The summed E-state index contributed by atoms with van der Waals surface area (Å²) in [5.41, 5.74) is 4.16. The second kappa shape index (κ2) is 3.50. The summed E-state index contributed by atoms with van der Waals surface area (Å²) >= 11 is 1.77. The number of hydrogen-bond donors (Lipinski definition) is 0. The first-order chi connectivity index (χ1) is 7.43. The Kier molecular flexibility index (Phi) is 2.02. The Morgan fingerprint density at radius 2 is 2.20 bits per heavy atom. The molecule has 1 aliphatic rings. The number of nitrogens with zero attached hydrogens (tertiary/aromatic N) is 1. The first kappa shape index (κ1) is 8.66. The highest BCUT2D eigenvalue weighted by molar-refractivity contribution is 7.20. The van der Waals surface area contributed by atoms with Crippen molar-refractivity contribution in [1.82, 2.24) is 0 Å². The van der Waals surface area contributed by atoms with E-state index in [0.717, 1.165) is 12.1 Å². The molecular weight excluding hydrogens is 202 g/mol. The quantitative estimate of drug-likeness (QED) is 0.635. The van der Waals surface area contributed by atoms with Crippen molar-refractivity contribution < 1.29 is 0 Å². The fourth-order valence-electron chi connectivity index (χ4n) is 1.62. The predicted molar refractivity (Wildman–Crippen MR) is 66.4 cm³/mol. The van der Waals surface area contributed by atoms with Gasteiger partial charge in [0.15, 0.2) is 0 Å². The molecule has 0 aliphatic carbocycles. The van der Waals surface area contributed by atoms with E-state index in [1.54, 1.807) is 11.3 Å². The lowest BCUT2D eigenvalue weighted by Crippen LogP contribution is -1.79. The van der Waals surface area contributed by atoms with Gasteiger partial charge in [0, 0.05) is 17.3 Å². The monoisotopic (exact) mass is 211 g/mol. The number of fused-ring (bicyclic) bond motifs is 1. The zero-order chi connectivity index (χ0) is 10.1. The summed E-state index contributed by atoms with van der Waals surface area (Å²) in [7, 11) is 0. The zero-order valence-corrected chi connectivity index (χ0v) is 8.92. The summed E-state index contributed by atoms with van der Waals surface area (Å²) < 4.78 is 1.31. The lowest BCUT2D eigenvalue weighted by Gasteiger charge is -1.95. The van der Waals surface area contributed by atoms with E-state index in [-0.39, 0.29) is 0 Å². The van der Waals surface area contributed by atoms with E-state index in [9.17, 15) is 0 Å². The van der Waals surface area contributed by atoms with Gasteiger partial charge in [0.1, 0.15) is 5.70 Å². The minimum absolute atomic E-state index is 0.897. The third kappa shape index (κ3) is 1.54. The topological polar surface area (TPSA) is 12.4 Å². The van der Waals surface area contributed by atoms with Gasteiger partial charge in [-0.2, -0.15) is 0 Å². The van der Waals surface area contributed by atoms with Crippen molar-refractivity contribution in [3.63, 3.8) is 0 Å². The number of thiophene rings is 1. The minimum Gasteiger partial charge on any atom is -0.251 e. The highest BCUT2D eigenvalue weighted by Gasteiger charge is 2.05. The Labute approximate surface area is 92.1 Å². The third-order valence-electron chi connectivity index (χ3n) is 2.34. The molecule has 1 aromatic carbocycles. The molecule has 3 rings (SSSR count). The van der Waals surface area contributed by atoms with Crippen LogP contribution in [0.1, 0.15) is 11.3 Å². The van der Waals surface area contributed by atoms with Crippen LogP contribution in [-0.2, 0) is 0 Å². The van der Waals surface area contributed by atoms with Crippen LogP contribution in [0.5, 0.6) is 0 Å². The molecule has 0 atom stereocenters. The van der Waals surface area contributed by atoms with Gasteiger partial charge in [-0.3, -0.25) is 4.99 Å². The van der Waals surface area contributed by atoms with Gasteiger partial charge in [-0.05, 0) is 23.6 Å². The van der Waals surface area contributed by atoms with Gasteiger partial charge in [0.2, 0.25) is 0 Å². The fourth-order valence-corrected chi connectivity index (χ4v) is 2.65. The molecule has 0 saturated carbocycles. The van der Waals surface area contributed by atoms with Gasteiger partial charge in [0.25, 0.3) is 0 Å². The van der Waals surface area contributed by atoms with Gasteiger partial charge in [-0.1, -0.05) is 23.9 Å². The van der Waals surface area contributed by atoms with Crippen molar-refractivity contribution >= 4 is 33.3 Å². The Balaban J connectivity index is 2.20. The predicted octanol–water partition coefficient (Wildman–Crippen LogP) is 3.87. The molecule has 72 valence electrons. The van der Waals surface area contributed by atoms with E-state index in [4.69, 9.17) is 0 Å². The SMILES string of the molecule is C1=CCC=NC=1c1cc2ccccc2s1. The van der Waals surface area contributed by atoms with E-state index in [0.29, 0.717) is 0 Å². The molecule has 2 heterocycles. The van der Waals surface area contributed by atoms with E-state index >= 15 is 0 Å². The van der Waals surface area contributed by atoms with Gasteiger partial charge >= 0.3 is 0 Å². The molecule has 0 unspecified atom stereocenters. The summed E-state index contributed by atoms with van der Waals surface area (Å²) in [6, 6.07) is 10.6. The van der Waals surface area contributed by atoms with Gasteiger partial charge < -0.3 is 0 Å². The number of allylic oxidation sites excluding steroid dienone is 1. The molecule has 0 saturated heterocycles. The lowest BCUT2D eigenvalue weighted by atomic mass is 10.2. The van der Waals surface area contributed by atoms with Crippen LogP contribution >= 0.6 is 11.3 Å². The van der Waals surface area contributed by atoms with Crippen LogP contribution < -0.4 is 0 Å². The molecule has 0 radical (unpaired) electrons. The standard InChI is InChI=1S/C13H9NS/c1-2-7-12-10(5-1)9-13(15-12)11-6-3-4-8-14-11/h1-3,5,7-9H,4H2. The van der Waals surface area contributed by atoms with Gasteiger partial charge in [-0.15, -0.1) is 11.3 Å². The molecule has 0 fully saturated rings. The molecule has 2 heteroatoms. The summed E-state index contributed by atoms with van der Waals surface area (Å²) in [4.78, 5) is 5.55. The van der Waals surface area contributed by atoms with E-state index in [2.05, 4.69) is 41.1 Å². The highest BCUT2D eigenvalue weighted by atomic mass is 32.1. The largest absolute Gasteiger partial charge is 0.251 e. The molecule has 0 spiro atoms. The molecule has 1 nitrogen and oxygen atoms in total. The molecule has 1 aromatic heterocycles. The van der Waals surface area contributed by atoms with E-state index in [1.165, 1.54) is 15.0 Å². The normalized spacial score (nSPS) is 14.5. The van der Waals surface area contributed by atoms with Gasteiger partial charge in [0.05, 0.1) is 4.88 Å². The second-order valence-corrected chi connectivity index (χ2v) is 4.48. The van der Waals surface area contributed by atoms with Crippen LogP contribution in [0, 0.1) is 0 Å². The summed E-state index contributed by atoms with van der Waals surface area (Å²) in [5.74, 6) is 0. The van der Waals surface area contributed by atoms with Gasteiger partial charge in [-0.25, -0.2) is 0 Å². The fraction of sp³-hybridized carbons (Fsp3) is 0.0769. The van der Waals surface area contributed by atoms with E-state index in [1.807, 2.05) is 12.3 Å². The number of aliphatic imine (C=N–C) groups is 1. The van der Waals surface area contributed by atoms with Crippen LogP contribution in [0.3, 0.4) is 0 Å². The molecule has 15 heavy (non-hydrogen) atoms. The van der Waals surface area contributed by atoms with Crippen molar-refractivity contribution in [2.45, 2.75) is 6.42 Å². The number of benzene rings is 1. The average molecular weight is 211 g/mol. The Bertz CT molecular complexity index is 565. The van der Waals surface area contributed by atoms with E-state index < -0.39 is 0 Å². The van der Waals surface area contributed by atoms with Crippen LogP contribution in [0.2, 0.25) is 0 Å². The minimum atomic E-state index is 0.897. The smallest absolute Gasteiger partial charge is 0.121 e. The van der Waals surface area contributed by atoms with Crippen molar-refractivity contribution in [2.24, 2.45) is 4.99 Å². The first-order valence-corrected chi connectivity index (χ1v) is 5.72. The highest BCUT2D eigenvalue weighted by Crippen LogP contribution is 2.30. The maximum atomic E-state index is 4.35. The Morgan fingerprint density at radius 1 is 1.27 bits per heavy atom. The molecule has 1 aliphatic heterocycles. The molecule has 0 N–H and O–H groups in total. The zero-order valence-electron chi connectivity index (χ0n) is 8.10. The molecular formula is C13H9NS. The third-order valence-corrected chi connectivity index (χ3v) is 3.46. The van der Waals surface area contributed by atoms with Crippen molar-refractivity contribution in [3.8, 4) is 0 Å². The second-order valence-electron chi connectivity index (χ2n) is 3.39. The number of rotatable bonds is 1. The van der Waals surface area contributed by atoms with Crippen LogP contribution in [0.15, 0.2) is 47.1 Å². The first-order valence-electron chi connectivity index (χ1n) is 4.90. The van der Waals surface area contributed by atoms with Crippen LogP contribution in [-0.4, -0.2) is 6.21 Å².